The second-order valence-corrected chi connectivity index (χ2v) is 4.43. The van der Waals surface area contributed by atoms with Crippen molar-refractivity contribution in [3.05, 3.63) is 35.5 Å². The first-order valence-electron chi connectivity index (χ1n) is 6.33. The van der Waals surface area contributed by atoms with Crippen LogP contribution >= 0.6 is 0 Å². The number of aryl methyl sites for hydroxylation is 2. The van der Waals surface area contributed by atoms with Gasteiger partial charge < -0.3 is 20.3 Å². The molecule has 0 radical (unpaired) electrons. The molecule has 0 unspecified atom stereocenters. The highest BCUT2D eigenvalue weighted by Crippen LogP contribution is 2.25. The molecule has 0 spiro atoms. The standard InChI is InChI=1S/C14H17N3O4/c1-20-11-5-6-12(21-2)9(7-11)3-4-10-8-13(15)17(16-10)14(18)19/h5-8H,3-4,15H2,1-2H3,(H,18,19). The van der Waals surface area contributed by atoms with E-state index in [1.807, 2.05) is 18.2 Å². The van der Waals surface area contributed by atoms with E-state index in [-0.39, 0.29) is 5.82 Å². The zero-order chi connectivity index (χ0) is 15.4. The first-order valence-corrected chi connectivity index (χ1v) is 6.33. The van der Waals surface area contributed by atoms with Gasteiger partial charge in [0.05, 0.1) is 19.9 Å². The second-order valence-electron chi connectivity index (χ2n) is 4.43. The van der Waals surface area contributed by atoms with E-state index in [4.69, 9.17) is 20.3 Å². The number of aromatic nitrogens is 2. The highest BCUT2D eigenvalue weighted by molar-refractivity contribution is 5.71. The van der Waals surface area contributed by atoms with Gasteiger partial charge in [-0.3, -0.25) is 0 Å². The molecule has 21 heavy (non-hydrogen) atoms. The van der Waals surface area contributed by atoms with Crippen LogP contribution in [0.2, 0.25) is 0 Å². The summed E-state index contributed by atoms with van der Waals surface area (Å²) in [7, 11) is 3.20. The van der Waals surface area contributed by atoms with Crippen molar-refractivity contribution in [3.8, 4) is 11.5 Å². The zero-order valence-electron chi connectivity index (χ0n) is 11.9. The molecule has 1 heterocycles. The zero-order valence-corrected chi connectivity index (χ0v) is 11.9. The van der Waals surface area contributed by atoms with E-state index in [0.29, 0.717) is 18.5 Å². The number of hydrogen-bond acceptors (Lipinski definition) is 5. The van der Waals surface area contributed by atoms with Gasteiger partial charge in [-0.15, -0.1) is 4.68 Å². The molecule has 0 aliphatic rings. The Morgan fingerprint density at radius 2 is 2.05 bits per heavy atom. The summed E-state index contributed by atoms with van der Waals surface area (Å²) in [5, 5.41) is 12.8. The van der Waals surface area contributed by atoms with Crippen LogP contribution in [0.5, 0.6) is 11.5 Å². The van der Waals surface area contributed by atoms with E-state index < -0.39 is 6.09 Å². The summed E-state index contributed by atoms with van der Waals surface area (Å²) in [5.74, 6) is 1.60. The van der Waals surface area contributed by atoms with Gasteiger partial charge in [0, 0.05) is 6.07 Å². The Balaban J connectivity index is 2.15. The molecular weight excluding hydrogens is 274 g/mol. The fourth-order valence-electron chi connectivity index (χ4n) is 2.06. The molecule has 0 aliphatic heterocycles. The number of methoxy groups -OCH3 is 2. The smallest absolute Gasteiger partial charge is 0.434 e. The summed E-state index contributed by atoms with van der Waals surface area (Å²) in [5.41, 5.74) is 7.16. The number of anilines is 1. The van der Waals surface area contributed by atoms with Gasteiger partial charge in [-0.2, -0.15) is 5.10 Å². The van der Waals surface area contributed by atoms with Crippen molar-refractivity contribution in [1.29, 1.82) is 0 Å². The molecular formula is C14H17N3O4. The topological polar surface area (TPSA) is 99.6 Å². The Kier molecular flexibility index (Phi) is 4.32. The van der Waals surface area contributed by atoms with E-state index in [2.05, 4.69) is 5.10 Å². The van der Waals surface area contributed by atoms with Gasteiger partial charge in [0.15, 0.2) is 0 Å². The van der Waals surface area contributed by atoms with Crippen molar-refractivity contribution in [2.45, 2.75) is 12.8 Å². The SMILES string of the molecule is COc1ccc(OC)c(CCc2cc(N)n(C(=O)O)n2)c1. The van der Waals surface area contributed by atoms with E-state index in [1.54, 1.807) is 20.3 Å². The summed E-state index contributed by atoms with van der Waals surface area (Å²) in [6.45, 7) is 0. The lowest BCUT2D eigenvalue weighted by Gasteiger charge is -2.09. The molecule has 3 N–H and O–H groups in total. The number of carboxylic acid groups (broad SMARTS) is 1. The third-order valence-corrected chi connectivity index (χ3v) is 3.11. The largest absolute Gasteiger partial charge is 0.497 e. The van der Waals surface area contributed by atoms with E-state index >= 15 is 0 Å². The van der Waals surface area contributed by atoms with Gasteiger partial charge in [0.25, 0.3) is 0 Å². The van der Waals surface area contributed by atoms with E-state index in [0.717, 1.165) is 21.7 Å². The van der Waals surface area contributed by atoms with Gasteiger partial charge in [0.1, 0.15) is 17.3 Å². The minimum absolute atomic E-state index is 0.107. The van der Waals surface area contributed by atoms with Crippen molar-refractivity contribution in [2.24, 2.45) is 0 Å². The molecule has 2 aromatic rings. The number of nitrogens with zero attached hydrogens (tertiary/aromatic N) is 2. The molecule has 0 saturated carbocycles. The van der Waals surface area contributed by atoms with Crippen LogP contribution in [0.3, 0.4) is 0 Å². The fraction of sp³-hybridized carbons (Fsp3) is 0.286. The number of ether oxygens (including phenoxy) is 2. The second kappa shape index (κ2) is 6.17. The first kappa shape index (κ1) is 14.7. The molecule has 0 bridgehead atoms. The van der Waals surface area contributed by atoms with Crippen LogP contribution in [0.4, 0.5) is 10.6 Å². The molecule has 0 amide bonds. The van der Waals surface area contributed by atoms with Crippen LogP contribution in [0.25, 0.3) is 0 Å². The van der Waals surface area contributed by atoms with Crippen LogP contribution in [-0.4, -0.2) is 35.2 Å². The lowest BCUT2D eigenvalue weighted by molar-refractivity contribution is 0.193. The van der Waals surface area contributed by atoms with Crippen LogP contribution in [-0.2, 0) is 12.8 Å². The molecule has 1 aromatic carbocycles. The minimum Gasteiger partial charge on any atom is -0.497 e. The Bertz CT molecular complexity index is 652. The summed E-state index contributed by atoms with van der Waals surface area (Å²) in [4.78, 5) is 10.9. The van der Waals surface area contributed by atoms with Crippen molar-refractivity contribution in [1.82, 2.24) is 9.78 Å². The predicted molar refractivity (Wildman–Crippen MR) is 77.0 cm³/mol. The molecule has 7 nitrogen and oxygen atoms in total. The fourth-order valence-corrected chi connectivity index (χ4v) is 2.06. The highest BCUT2D eigenvalue weighted by Gasteiger charge is 2.12. The Morgan fingerprint density at radius 3 is 2.62 bits per heavy atom. The van der Waals surface area contributed by atoms with Gasteiger partial charge in [-0.1, -0.05) is 0 Å². The van der Waals surface area contributed by atoms with Crippen LogP contribution < -0.4 is 15.2 Å². The molecule has 0 aliphatic carbocycles. The number of hydrogen-bond donors (Lipinski definition) is 2. The van der Waals surface area contributed by atoms with Crippen molar-refractivity contribution < 1.29 is 19.4 Å². The van der Waals surface area contributed by atoms with Crippen LogP contribution in [0.1, 0.15) is 11.3 Å². The molecule has 7 heteroatoms. The summed E-state index contributed by atoms with van der Waals surface area (Å²) in [6, 6.07) is 7.09. The van der Waals surface area contributed by atoms with Gasteiger partial charge in [-0.25, -0.2) is 4.79 Å². The van der Waals surface area contributed by atoms with Gasteiger partial charge in [0.2, 0.25) is 0 Å². The Labute approximate surface area is 121 Å². The summed E-state index contributed by atoms with van der Waals surface area (Å²) >= 11 is 0. The van der Waals surface area contributed by atoms with E-state index in [9.17, 15) is 4.79 Å². The first-order chi connectivity index (χ1) is 10.0. The maximum Gasteiger partial charge on any atom is 0.434 e. The number of carbonyl (C=O) groups is 1. The van der Waals surface area contributed by atoms with E-state index in [1.165, 1.54) is 0 Å². The minimum atomic E-state index is -1.20. The molecule has 112 valence electrons. The Morgan fingerprint density at radius 1 is 1.29 bits per heavy atom. The lowest BCUT2D eigenvalue weighted by Crippen LogP contribution is -2.12. The average molecular weight is 291 g/mol. The lowest BCUT2D eigenvalue weighted by atomic mass is 10.1. The van der Waals surface area contributed by atoms with Gasteiger partial charge >= 0.3 is 6.09 Å². The third kappa shape index (κ3) is 3.25. The highest BCUT2D eigenvalue weighted by atomic mass is 16.5. The molecule has 0 fully saturated rings. The van der Waals surface area contributed by atoms with Crippen molar-refractivity contribution in [2.75, 3.05) is 20.0 Å². The summed E-state index contributed by atoms with van der Waals surface area (Å²) in [6.07, 6.45) is -0.0116. The van der Waals surface area contributed by atoms with Crippen LogP contribution in [0.15, 0.2) is 24.3 Å². The van der Waals surface area contributed by atoms with Crippen molar-refractivity contribution in [3.63, 3.8) is 0 Å². The number of nitrogen functional groups attached to an aromatic ring is 1. The maximum atomic E-state index is 10.9. The predicted octanol–water partition coefficient (Wildman–Crippen LogP) is 1.79. The normalized spacial score (nSPS) is 10.4. The Hall–Kier alpha value is -2.70. The third-order valence-electron chi connectivity index (χ3n) is 3.11. The number of rotatable bonds is 5. The average Bonchev–Trinajstić information content (AvgIpc) is 2.86. The molecule has 0 saturated heterocycles. The van der Waals surface area contributed by atoms with Gasteiger partial charge in [-0.05, 0) is 36.6 Å². The number of nitrogens with two attached hydrogens (primary N) is 1. The molecule has 1 aromatic heterocycles. The quantitative estimate of drug-likeness (QED) is 0.871. The maximum absolute atomic E-state index is 10.9. The van der Waals surface area contributed by atoms with Crippen LogP contribution in [0, 0.1) is 0 Å². The summed E-state index contributed by atoms with van der Waals surface area (Å²) < 4.78 is 11.3. The number of benzene rings is 1. The monoisotopic (exact) mass is 291 g/mol. The molecule has 0 atom stereocenters. The molecule has 2 rings (SSSR count). The van der Waals surface area contributed by atoms with Crippen molar-refractivity contribution >= 4 is 11.9 Å².